The predicted molar refractivity (Wildman–Crippen MR) is 57.9 cm³/mol. The van der Waals surface area contributed by atoms with Gasteiger partial charge in [0.2, 0.25) is 0 Å². The number of hydrogen-bond acceptors (Lipinski definition) is 2. The third-order valence-corrected chi connectivity index (χ3v) is 3.78. The van der Waals surface area contributed by atoms with E-state index in [1.807, 2.05) is 0 Å². The van der Waals surface area contributed by atoms with Crippen LogP contribution in [0.2, 0.25) is 0 Å². The van der Waals surface area contributed by atoms with Crippen molar-refractivity contribution in [2.24, 2.45) is 11.8 Å². The van der Waals surface area contributed by atoms with Crippen LogP contribution in [-0.2, 0) is 0 Å². The predicted octanol–water partition coefficient (Wildman–Crippen LogP) is 1.38. The van der Waals surface area contributed by atoms with Crippen molar-refractivity contribution in [2.75, 3.05) is 26.2 Å². The van der Waals surface area contributed by atoms with Gasteiger partial charge in [0.25, 0.3) is 0 Å². The molecule has 0 aromatic heterocycles. The summed E-state index contributed by atoms with van der Waals surface area (Å²) in [6.07, 6.45) is 3.96. The van der Waals surface area contributed by atoms with Crippen LogP contribution in [0.5, 0.6) is 0 Å². The van der Waals surface area contributed by atoms with Gasteiger partial charge in [0.15, 0.2) is 0 Å². The van der Waals surface area contributed by atoms with Crippen molar-refractivity contribution in [1.29, 1.82) is 0 Å². The van der Waals surface area contributed by atoms with Crippen molar-refractivity contribution < 1.29 is 9.90 Å². The molecule has 0 radical (unpaired) electrons. The molecule has 4 heteroatoms. The largest absolute Gasteiger partial charge is 0.465 e. The van der Waals surface area contributed by atoms with Gasteiger partial charge in [-0.3, -0.25) is 0 Å². The van der Waals surface area contributed by atoms with Gasteiger partial charge >= 0.3 is 6.09 Å². The zero-order valence-electron chi connectivity index (χ0n) is 9.11. The van der Waals surface area contributed by atoms with Gasteiger partial charge < -0.3 is 15.3 Å². The number of nitrogens with one attached hydrogen (secondary N) is 1. The van der Waals surface area contributed by atoms with Crippen LogP contribution in [-0.4, -0.2) is 42.3 Å². The molecule has 0 bridgehead atoms. The fraction of sp³-hybridized carbons (Fsp3) is 0.909. The van der Waals surface area contributed by atoms with Crippen molar-refractivity contribution in [3.8, 4) is 0 Å². The molecule has 2 fully saturated rings. The first kappa shape index (κ1) is 10.7. The lowest BCUT2D eigenvalue weighted by Gasteiger charge is -2.37. The van der Waals surface area contributed by atoms with E-state index in [4.69, 9.17) is 5.11 Å². The summed E-state index contributed by atoms with van der Waals surface area (Å²) in [4.78, 5) is 12.5. The Bertz CT molecular complexity index is 227. The van der Waals surface area contributed by atoms with E-state index >= 15 is 0 Å². The summed E-state index contributed by atoms with van der Waals surface area (Å²) in [5.74, 6) is 1.35. The summed E-state index contributed by atoms with van der Waals surface area (Å²) in [5.41, 5.74) is 0. The molecule has 86 valence electrons. The lowest BCUT2D eigenvalue weighted by atomic mass is 9.80. The maximum atomic E-state index is 10.9. The fourth-order valence-electron chi connectivity index (χ4n) is 2.88. The maximum absolute atomic E-state index is 10.9. The summed E-state index contributed by atoms with van der Waals surface area (Å²) in [6.45, 7) is 3.71. The molecule has 2 aliphatic heterocycles. The lowest BCUT2D eigenvalue weighted by molar-refractivity contribution is 0.0974. The summed E-state index contributed by atoms with van der Waals surface area (Å²) in [5, 5.41) is 12.3. The van der Waals surface area contributed by atoms with Crippen molar-refractivity contribution in [1.82, 2.24) is 10.2 Å². The zero-order valence-corrected chi connectivity index (χ0v) is 9.11. The van der Waals surface area contributed by atoms with E-state index in [1.165, 1.54) is 19.3 Å². The minimum absolute atomic E-state index is 0.608. The first-order valence-corrected chi connectivity index (χ1v) is 5.96. The van der Waals surface area contributed by atoms with Crippen LogP contribution >= 0.6 is 0 Å². The molecule has 2 N–H and O–H groups in total. The SMILES string of the molecule is O=C(O)N1CCCC(C2CCNCC2)C1. The van der Waals surface area contributed by atoms with Crippen LogP contribution in [0.3, 0.4) is 0 Å². The van der Waals surface area contributed by atoms with Crippen LogP contribution in [0, 0.1) is 11.8 Å². The molecule has 2 rings (SSSR count). The van der Waals surface area contributed by atoms with Gasteiger partial charge in [-0.05, 0) is 50.6 Å². The topological polar surface area (TPSA) is 52.6 Å². The number of amides is 1. The highest BCUT2D eigenvalue weighted by atomic mass is 16.4. The Hall–Kier alpha value is -0.770. The van der Waals surface area contributed by atoms with Crippen molar-refractivity contribution in [3.63, 3.8) is 0 Å². The molecule has 4 nitrogen and oxygen atoms in total. The van der Waals surface area contributed by atoms with E-state index in [0.29, 0.717) is 5.92 Å². The number of piperidine rings is 2. The molecule has 2 aliphatic rings. The molecular weight excluding hydrogens is 192 g/mol. The number of nitrogens with zero attached hydrogens (tertiary/aromatic N) is 1. The van der Waals surface area contributed by atoms with Gasteiger partial charge in [-0.2, -0.15) is 0 Å². The van der Waals surface area contributed by atoms with Crippen molar-refractivity contribution in [3.05, 3.63) is 0 Å². The summed E-state index contributed by atoms with van der Waals surface area (Å²) >= 11 is 0. The highest BCUT2D eigenvalue weighted by Gasteiger charge is 2.29. The highest BCUT2D eigenvalue weighted by molar-refractivity contribution is 5.65. The molecule has 0 spiro atoms. The Morgan fingerprint density at radius 1 is 1.20 bits per heavy atom. The van der Waals surface area contributed by atoms with Crippen LogP contribution in [0.1, 0.15) is 25.7 Å². The van der Waals surface area contributed by atoms with Gasteiger partial charge in [0, 0.05) is 13.1 Å². The number of rotatable bonds is 1. The third-order valence-electron chi connectivity index (χ3n) is 3.78. The van der Waals surface area contributed by atoms with E-state index < -0.39 is 6.09 Å². The van der Waals surface area contributed by atoms with Crippen LogP contribution < -0.4 is 5.32 Å². The minimum atomic E-state index is -0.742. The molecule has 1 unspecified atom stereocenters. The molecule has 0 aromatic carbocycles. The normalized spacial score (nSPS) is 29.1. The standard InChI is InChI=1S/C11H20N2O2/c14-11(15)13-7-1-2-10(8-13)9-3-5-12-6-4-9/h9-10,12H,1-8H2,(H,14,15). The second-order valence-corrected chi connectivity index (χ2v) is 4.72. The molecule has 0 saturated carbocycles. The summed E-state index contributed by atoms with van der Waals surface area (Å²) in [7, 11) is 0. The number of hydrogen-bond donors (Lipinski definition) is 2. The summed E-state index contributed by atoms with van der Waals surface area (Å²) < 4.78 is 0. The molecule has 2 heterocycles. The molecule has 0 aromatic rings. The molecule has 2 saturated heterocycles. The Labute approximate surface area is 90.6 Å². The van der Waals surface area contributed by atoms with Crippen LogP contribution in [0.4, 0.5) is 4.79 Å². The average Bonchev–Trinajstić information content (AvgIpc) is 2.30. The van der Waals surface area contributed by atoms with Gasteiger partial charge in [-0.1, -0.05) is 0 Å². The van der Waals surface area contributed by atoms with E-state index in [2.05, 4.69) is 5.32 Å². The van der Waals surface area contributed by atoms with Crippen molar-refractivity contribution >= 4 is 6.09 Å². The molecule has 1 atom stereocenters. The van der Waals surface area contributed by atoms with Gasteiger partial charge in [-0.15, -0.1) is 0 Å². The number of likely N-dealkylation sites (tertiary alicyclic amines) is 1. The monoisotopic (exact) mass is 212 g/mol. The quantitative estimate of drug-likeness (QED) is 0.690. The smallest absolute Gasteiger partial charge is 0.407 e. The Kier molecular flexibility index (Phi) is 3.46. The van der Waals surface area contributed by atoms with E-state index in [-0.39, 0.29) is 0 Å². The van der Waals surface area contributed by atoms with Crippen LogP contribution in [0.25, 0.3) is 0 Å². The van der Waals surface area contributed by atoms with Gasteiger partial charge in [0.1, 0.15) is 0 Å². The highest BCUT2D eigenvalue weighted by Crippen LogP contribution is 2.29. The molecular formula is C11H20N2O2. The molecule has 1 amide bonds. The van der Waals surface area contributed by atoms with Crippen LogP contribution in [0.15, 0.2) is 0 Å². The summed E-state index contributed by atoms with van der Waals surface area (Å²) in [6, 6.07) is 0. The first-order chi connectivity index (χ1) is 7.27. The fourth-order valence-corrected chi connectivity index (χ4v) is 2.88. The van der Waals surface area contributed by atoms with E-state index in [9.17, 15) is 4.79 Å². The first-order valence-electron chi connectivity index (χ1n) is 5.96. The zero-order chi connectivity index (χ0) is 10.7. The van der Waals surface area contributed by atoms with Crippen molar-refractivity contribution in [2.45, 2.75) is 25.7 Å². The number of carboxylic acid groups (broad SMARTS) is 1. The molecule has 15 heavy (non-hydrogen) atoms. The second kappa shape index (κ2) is 4.84. The third kappa shape index (κ3) is 2.62. The second-order valence-electron chi connectivity index (χ2n) is 4.72. The Morgan fingerprint density at radius 3 is 2.60 bits per heavy atom. The van der Waals surface area contributed by atoms with E-state index in [0.717, 1.165) is 38.5 Å². The van der Waals surface area contributed by atoms with Gasteiger partial charge in [-0.25, -0.2) is 4.79 Å². The van der Waals surface area contributed by atoms with E-state index in [1.54, 1.807) is 4.90 Å². The lowest BCUT2D eigenvalue weighted by Crippen LogP contribution is -2.43. The Morgan fingerprint density at radius 2 is 1.93 bits per heavy atom. The number of carbonyl (C=O) groups is 1. The Balaban J connectivity index is 1.88. The molecule has 0 aliphatic carbocycles. The van der Waals surface area contributed by atoms with Gasteiger partial charge in [0.05, 0.1) is 0 Å². The minimum Gasteiger partial charge on any atom is -0.465 e. The maximum Gasteiger partial charge on any atom is 0.407 e. The average molecular weight is 212 g/mol.